The van der Waals surface area contributed by atoms with Crippen molar-refractivity contribution < 1.29 is 9.53 Å². The largest absolute Gasteiger partial charge is 0.368 e. The highest BCUT2D eigenvalue weighted by Crippen LogP contribution is 2.40. The van der Waals surface area contributed by atoms with Crippen LogP contribution in [0.2, 0.25) is 0 Å². The first kappa shape index (κ1) is 16.1. The lowest BCUT2D eigenvalue weighted by molar-refractivity contribution is -0.144. The van der Waals surface area contributed by atoms with Crippen LogP contribution in [0.3, 0.4) is 0 Å². The van der Waals surface area contributed by atoms with Gasteiger partial charge in [0.1, 0.15) is 5.60 Å². The molecule has 1 saturated carbocycles. The Hall–Kier alpha value is -2.34. The van der Waals surface area contributed by atoms with Gasteiger partial charge in [0, 0.05) is 51.4 Å². The molecule has 2 heterocycles. The van der Waals surface area contributed by atoms with Gasteiger partial charge in [-0.1, -0.05) is 17.7 Å². The maximum Gasteiger partial charge on any atom is 0.254 e. The molecule has 1 saturated heterocycles. The lowest BCUT2D eigenvalue weighted by Crippen LogP contribution is -2.53. The Morgan fingerprint density at radius 2 is 1.80 bits per heavy atom. The molecule has 0 spiro atoms. The van der Waals surface area contributed by atoms with Gasteiger partial charge in [0.15, 0.2) is 0 Å². The fourth-order valence-electron chi connectivity index (χ4n) is 3.45. The van der Waals surface area contributed by atoms with E-state index in [4.69, 9.17) is 4.74 Å². The van der Waals surface area contributed by atoms with Crippen LogP contribution in [-0.2, 0) is 9.53 Å². The first-order valence-corrected chi connectivity index (χ1v) is 8.83. The second-order valence-electron chi connectivity index (χ2n) is 6.91. The van der Waals surface area contributed by atoms with Crippen LogP contribution >= 0.6 is 0 Å². The Labute approximate surface area is 148 Å². The fraction of sp³-hybridized carbons (Fsp3) is 0.474. The maximum atomic E-state index is 12.6. The molecule has 4 rings (SSSR count). The molecule has 6 nitrogen and oxygen atoms in total. The van der Waals surface area contributed by atoms with Gasteiger partial charge in [-0.3, -0.25) is 9.36 Å². The van der Waals surface area contributed by atoms with Crippen LogP contribution in [0.4, 0.5) is 5.95 Å². The molecular formula is C19H24N4O2. The van der Waals surface area contributed by atoms with Gasteiger partial charge in [-0.05, 0) is 31.9 Å². The number of carbonyl (C=O) groups is 1. The standard InChI is InChI=1S/C19H24N4O2/c1-15-3-5-16(6-4-15)23-10-9-20-18(23)22-13-11-21(12-14-22)17(24)19(25-2)7-8-19/h3-6,9-10H,7-8,11-14H2,1-2H3. The van der Waals surface area contributed by atoms with Crippen molar-refractivity contribution in [3.05, 3.63) is 42.2 Å². The van der Waals surface area contributed by atoms with Crippen LogP contribution in [0.5, 0.6) is 0 Å². The predicted molar refractivity (Wildman–Crippen MR) is 96.1 cm³/mol. The molecule has 1 amide bonds. The lowest BCUT2D eigenvalue weighted by atomic mass is 10.2. The molecule has 0 N–H and O–H groups in total. The van der Waals surface area contributed by atoms with Crippen molar-refractivity contribution in [2.75, 3.05) is 38.2 Å². The van der Waals surface area contributed by atoms with E-state index >= 15 is 0 Å². The maximum absolute atomic E-state index is 12.6. The third kappa shape index (κ3) is 2.91. The van der Waals surface area contributed by atoms with E-state index in [0.29, 0.717) is 13.1 Å². The van der Waals surface area contributed by atoms with Crippen molar-refractivity contribution in [3.8, 4) is 5.69 Å². The van der Waals surface area contributed by atoms with E-state index in [1.54, 1.807) is 7.11 Å². The molecule has 6 heteroatoms. The van der Waals surface area contributed by atoms with E-state index in [-0.39, 0.29) is 5.91 Å². The van der Waals surface area contributed by atoms with E-state index in [1.165, 1.54) is 5.56 Å². The highest BCUT2D eigenvalue weighted by molar-refractivity contribution is 5.88. The summed E-state index contributed by atoms with van der Waals surface area (Å²) in [6.45, 7) is 5.08. The summed E-state index contributed by atoms with van der Waals surface area (Å²) >= 11 is 0. The number of carbonyl (C=O) groups excluding carboxylic acids is 1. The normalized spacial score (nSPS) is 19.1. The minimum atomic E-state index is -0.525. The SMILES string of the molecule is COC1(C(=O)N2CCN(c3nccn3-c3ccc(C)cc3)CC2)CC1. The van der Waals surface area contributed by atoms with Crippen molar-refractivity contribution in [1.29, 1.82) is 0 Å². The number of ether oxygens (including phenoxy) is 1. The summed E-state index contributed by atoms with van der Waals surface area (Å²) in [4.78, 5) is 21.3. The molecule has 1 aliphatic carbocycles. The molecule has 132 valence electrons. The summed E-state index contributed by atoms with van der Waals surface area (Å²) in [7, 11) is 1.64. The third-order valence-electron chi connectivity index (χ3n) is 5.27. The van der Waals surface area contributed by atoms with Crippen molar-refractivity contribution in [1.82, 2.24) is 14.5 Å². The average molecular weight is 340 g/mol. The molecule has 1 aromatic heterocycles. The van der Waals surface area contributed by atoms with E-state index < -0.39 is 5.60 Å². The summed E-state index contributed by atoms with van der Waals surface area (Å²) < 4.78 is 7.53. The van der Waals surface area contributed by atoms with Gasteiger partial charge >= 0.3 is 0 Å². The van der Waals surface area contributed by atoms with Crippen LogP contribution in [0.15, 0.2) is 36.7 Å². The Morgan fingerprint density at radius 1 is 1.12 bits per heavy atom. The second-order valence-corrected chi connectivity index (χ2v) is 6.91. The molecule has 0 unspecified atom stereocenters. The highest BCUT2D eigenvalue weighted by atomic mass is 16.5. The third-order valence-corrected chi connectivity index (χ3v) is 5.27. The van der Waals surface area contributed by atoms with Gasteiger partial charge in [0.25, 0.3) is 5.91 Å². The van der Waals surface area contributed by atoms with Crippen molar-refractivity contribution in [3.63, 3.8) is 0 Å². The molecule has 2 fully saturated rings. The van der Waals surface area contributed by atoms with Crippen molar-refractivity contribution >= 4 is 11.9 Å². The lowest BCUT2D eigenvalue weighted by Gasteiger charge is -2.36. The molecule has 25 heavy (non-hydrogen) atoms. The van der Waals surface area contributed by atoms with Gasteiger partial charge < -0.3 is 14.5 Å². The summed E-state index contributed by atoms with van der Waals surface area (Å²) in [5.74, 6) is 1.08. The van der Waals surface area contributed by atoms with Crippen LogP contribution in [0.1, 0.15) is 18.4 Å². The smallest absolute Gasteiger partial charge is 0.254 e. The van der Waals surface area contributed by atoms with Gasteiger partial charge in [-0.25, -0.2) is 4.98 Å². The highest BCUT2D eigenvalue weighted by Gasteiger charge is 2.52. The predicted octanol–water partition coefficient (Wildman–Crippen LogP) is 2.01. The first-order chi connectivity index (χ1) is 12.1. The van der Waals surface area contributed by atoms with Crippen molar-refractivity contribution in [2.24, 2.45) is 0 Å². The first-order valence-electron chi connectivity index (χ1n) is 8.83. The molecule has 1 aliphatic heterocycles. The molecule has 2 aromatic rings. The van der Waals surface area contributed by atoms with Gasteiger partial charge in [0.2, 0.25) is 5.95 Å². The molecule has 0 atom stereocenters. The van der Waals surface area contributed by atoms with E-state index in [9.17, 15) is 4.79 Å². The number of hydrogen-bond acceptors (Lipinski definition) is 4. The minimum absolute atomic E-state index is 0.150. The summed E-state index contributed by atoms with van der Waals surface area (Å²) in [6, 6.07) is 8.43. The summed E-state index contributed by atoms with van der Waals surface area (Å²) in [5, 5.41) is 0. The zero-order chi connectivity index (χ0) is 17.4. The zero-order valence-corrected chi connectivity index (χ0v) is 14.8. The van der Waals surface area contributed by atoms with E-state index in [1.807, 2.05) is 17.3 Å². The number of imidazole rings is 1. The number of rotatable bonds is 4. The number of amides is 1. The Balaban J connectivity index is 1.46. The fourth-order valence-corrected chi connectivity index (χ4v) is 3.45. The number of nitrogens with zero attached hydrogens (tertiary/aromatic N) is 4. The van der Waals surface area contributed by atoms with Crippen molar-refractivity contribution in [2.45, 2.75) is 25.4 Å². The zero-order valence-electron chi connectivity index (χ0n) is 14.8. The quantitative estimate of drug-likeness (QED) is 0.854. The van der Waals surface area contributed by atoms with Crippen LogP contribution in [0, 0.1) is 6.92 Å². The topological polar surface area (TPSA) is 50.6 Å². The molecule has 1 aromatic carbocycles. The number of piperazine rings is 1. The summed E-state index contributed by atoms with van der Waals surface area (Å²) in [6.07, 6.45) is 5.51. The Morgan fingerprint density at radius 3 is 2.40 bits per heavy atom. The number of hydrogen-bond donors (Lipinski definition) is 0. The Bertz CT molecular complexity index is 756. The Kier molecular flexibility index (Phi) is 4.00. The van der Waals surface area contributed by atoms with E-state index in [0.717, 1.165) is 37.6 Å². The molecular weight excluding hydrogens is 316 g/mol. The number of methoxy groups -OCH3 is 1. The van der Waals surface area contributed by atoms with E-state index in [2.05, 4.69) is 45.6 Å². The average Bonchev–Trinajstić information content (AvgIpc) is 3.31. The second kappa shape index (κ2) is 6.19. The van der Waals surface area contributed by atoms with Crippen LogP contribution < -0.4 is 4.90 Å². The van der Waals surface area contributed by atoms with Gasteiger partial charge in [0.05, 0.1) is 0 Å². The summed E-state index contributed by atoms with van der Waals surface area (Å²) in [5.41, 5.74) is 1.82. The monoisotopic (exact) mass is 340 g/mol. The number of anilines is 1. The molecule has 2 aliphatic rings. The van der Waals surface area contributed by atoms with Gasteiger partial charge in [-0.2, -0.15) is 0 Å². The minimum Gasteiger partial charge on any atom is -0.368 e. The molecule has 0 bridgehead atoms. The van der Waals surface area contributed by atoms with Gasteiger partial charge in [-0.15, -0.1) is 0 Å². The van der Waals surface area contributed by atoms with Crippen LogP contribution in [-0.4, -0.2) is 59.2 Å². The van der Waals surface area contributed by atoms with Crippen LogP contribution in [0.25, 0.3) is 5.69 Å². The molecule has 0 radical (unpaired) electrons. The number of aromatic nitrogens is 2. The number of aryl methyl sites for hydroxylation is 1. The number of benzene rings is 1.